The fourth-order valence-corrected chi connectivity index (χ4v) is 1.15. The molecule has 0 unspecified atom stereocenters. The average molecular weight is 202 g/mol. The van der Waals surface area contributed by atoms with Crippen molar-refractivity contribution in [2.24, 2.45) is 4.99 Å². The molecule has 76 valence electrons. The van der Waals surface area contributed by atoms with Crippen molar-refractivity contribution in [1.82, 2.24) is 15.2 Å². The first-order valence-electron chi connectivity index (χ1n) is 4.51. The molecule has 2 N–H and O–H groups in total. The zero-order valence-electron chi connectivity index (χ0n) is 7.97. The standard InChI is InChI=1S/C10H10N4O/c15-10-9(7-13-14-10)6-12-5-8-2-1-3-11-4-8/h1-4,6-7H,5H2,(H2,13,14,15). The van der Waals surface area contributed by atoms with Crippen molar-refractivity contribution in [3.05, 3.63) is 52.2 Å². The summed E-state index contributed by atoms with van der Waals surface area (Å²) in [5.41, 5.74) is 1.38. The van der Waals surface area contributed by atoms with E-state index < -0.39 is 0 Å². The molecule has 0 fully saturated rings. The summed E-state index contributed by atoms with van der Waals surface area (Å²) in [6.07, 6.45) is 6.58. The molecule has 15 heavy (non-hydrogen) atoms. The largest absolute Gasteiger partial charge is 0.305 e. The van der Waals surface area contributed by atoms with Gasteiger partial charge in [-0.1, -0.05) is 6.07 Å². The van der Waals surface area contributed by atoms with Crippen LogP contribution in [0.25, 0.3) is 0 Å². The third-order valence-electron chi connectivity index (χ3n) is 1.90. The van der Waals surface area contributed by atoms with Crippen LogP contribution in [0.1, 0.15) is 11.1 Å². The minimum absolute atomic E-state index is 0.162. The van der Waals surface area contributed by atoms with Crippen molar-refractivity contribution in [3.63, 3.8) is 0 Å². The molecule has 5 nitrogen and oxygen atoms in total. The molecule has 2 rings (SSSR count). The van der Waals surface area contributed by atoms with Crippen LogP contribution in [0, 0.1) is 0 Å². The van der Waals surface area contributed by atoms with Gasteiger partial charge in [0.15, 0.2) is 0 Å². The Morgan fingerprint density at radius 1 is 1.53 bits per heavy atom. The molecule has 0 aromatic carbocycles. The summed E-state index contributed by atoms with van der Waals surface area (Å²) < 4.78 is 0. The van der Waals surface area contributed by atoms with E-state index in [1.165, 1.54) is 0 Å². The van der Waals surface area contributed by atoms with Crippen molar-refractivity contribution in [1.29, 1.82) is 0 Å². The van der Waals surface area contributed by atoms with Gasteiger partial charge in [-0.05, 0) is 11.6 Å². The molecule has 0 aliphatic rings. The summed E-state index contributed by atoms with van der Waals surface area (Å²) in [6.45, 7) is 0.526. The van der Waals surface area contributed by atoms with Gasteiger partial charge >= 0.3 is 0 Å². The maximum absolute atomic E-state index is 11.1. The van der Waals surface area contributed by atoms with Gasteiger partial charge in [0, 0.05) is 24.8 Å². The van der Waals surface area contributed by atoms with Crippen molar-refractivity contribution >= 4 is 6.21 Å². The normalized spacial score (nSPS) is 10.9. The van der Waals surface area contributed by atoms with Crippen molar-refractivity contribution in [2.45, 2.75) is 6.54 Å². The van der Waals surface area contributed by atoms with E-state index in [0.717, 1.165) is 5.56 Å². The number of aliphatic imine (C=N–C) groups is 1. The Hall–Kier alpha value is -2.17. The lowest BCUT2D eigenvalue weighted by atomic mass is 10.3. The summed E-state index contributed by atoms with van der Waals surface area (Å²) in [5.74, 6) is 0. The van der Waals surface area contributed by atoms with E-state index in [4.69, 9.17) is 0 Å². The summed E-state index contributed by atoms with van der Waals surface area (Å²) >= 11 is 0. The van der Waals surface area contributed by atoms with E-state index in [0.29, 0.717) is 12.1 Å². The molecule has 2 aromatic heterocycles. The van der Waals surface area contributed by atoms with E-state index in [-0.39, 0.29) is 5.56 Å². The molecule has 5 heteroatoms. The van der Waals surface area contributed by atoms with Crippen molar-refractivity contribution in [3.8, 4) is 0 Å². The SMILES string of the molecule is O=c1[nH][nH]cc1C=NCc1cccnc1. The zero-order valence-corrected chi connectivity index (χ0v) is 7.97. The number of hydrogen-bond donors (Lipinski definition) is 2. The first-order valence-corrected chi connectivity index (χ1v) is 4.51. The second-order valence-electron chi connectivity index (χ2n) is 3.03. The Morgan fingerprint density at radius 2 is 2.47 bits per heavy atom. The van der Waals surface area contributed by atoms with Gasteiger partial charge < -0.3 is 5.10 Å². The molecule has 0 radical (unpaired) electrons. The lowest BCUT2D eigenvalue weighted by Gasteiger charge is -1.92. The molecule has 0 aliphatic carbocycles. The molecule has 0 bridgehead atoms. The molecule has 2 heterocycles. The smallest absolute Gasteiger partial charge is 0.272 e. The maximum Gasteiger partial charge on any atom is 0.272 e. The van der Waals surface area contributed by atoms with Crippen LogP contribution >= 0.6 is 0 Å². The Kier molecular flexibility index (Phi) is 2.73. The van der Waals surface area contributed by atoms with Gasteiger partial charge in [0.05, 0.1) is 12.1 Å². The minimum Gasteiger partial charge on any atom is -0.305 e. The summed E-state index contributed by atoms with van der Waals surface area (Å²) in [4.78, 5) is 19.2. The minimum atomic E-state index is -0.162. The van der Waals surface area contributed by atoms with Gasteiger partial charge in [-0.2, -0.15) is 0 Å². The van der Waals surface area contributed by atoms with E-state index in [2.05, 4.69) is 20.2 Å². The predicted molar refractivity (Wildman–Crippen MR) is 56.9 cm³/mol. The van der Waals surface area contributed by atoms with Crippen molar-refractivity contribution in [2.75, 3.05) is 0 Å². The zero-order chi connectivity index (χ0) is 10.5. The fourth-order valence-electron chi connectivity index (χ4n) is 1.15. The monoisotopic (exact) mass is 202 g/mol. The van der Waals surface area contributed by atoms with E-state index >= 15 is 0 Å². The van der Waals surface area contributed by atoms with Crippen LogP contribution in [0.2, 0.25) is 0 Å². The Morgan fingerprint density at radius 3 is 3.13 bits per heavy atom. The second kappa shape index (κ2) is 4.36. The summed E-state index contributed by atoms with van der Waals surface area (Å²) in [6, 6.07) is 3.79. The van der Waals surface area contributed by atoms with Crippen molar-refractivity contribution < 1.29 is 0 Å². The van der Waals surface area contributed by atoms with E-state index in [9.17, 15) is 4.79 Å². The lowest BCUT2D eigenvalue weighted by molar-refractivity contribution is 1.05. The lowest BCUT2D eigenvalue weighted by Crippen LogP contribution is -2.04. The number of aromatic nitrogens is 3. The van der Waals surface area contributed by atoms with Gasteiger partial charge in [0.25, 0.3) is 5.56 Å². The van der Waals surface area contributed by atoms with Gasteiger partial charge in [-0.3, -0.25) is 19.9 Å². The molecular formula is C10H10N4O. The quantitative estimate of drug-likeness (QED) is 0.719. The average Bonchev–Trinajstić information content (AvgIpc) is 2.66. The van der Waals surface area contributed by atoms with Crippen LogP contribution in [0.4, 0.5) is 0 Å². The maximum atomic E-state index is 11.1. The third kappa shape index (κ3) is 2.40. The molecule has 0 amide bonds. The summed E-state index contributed by atoms with van der Waals surface area (Å²) in [7, 11) is 0. The number of rotatable bonds is 3. The van der Waals surface area contributed by atoms with Crippen LogP contribution in [0.5, 0.6) is 0 Å². The number of H-pyrrole nitrogens is 2. The first-order chi connectivity index (χ1) is 7.36. The first kappa shape index (κ1) is 9.39. The topological polar surface area (TPSA) is 73.9 Å². The van der Waals surface area contributed by atoms with Gasteiger partial charge in [-0.15, -0.1) is 0 Å². The highest BCUT2D eigenvalue weighted by atomic mass is 16.1. The molecule has 0 atom stereocenters. The molecule has 0 spiro atoms. The number of hydrogen-bond acceptors (Lipinski definition) is 3. The molecule has 0 saturated carbocycles. The highest BCUT2D eigenvalue weighted by molar-refractivity contribution is 5.78. The molecule has 0 aliphatic heterocycles. The number of aromatic amines is 2. The van der Waals surface area contributed by atoms with Crippen LogP contribution < -0.4 is 5.56 Å². The third-order valence-corrected chi connectivity index (χ3v) is 1.90. The predicted octanol–water partition coefficient (Wildman–Crippen LogP) is 0.717. The number of nitrogens with zero attached hydrogens (tertiary/aromatic N) is 2. The van der Waals surface area contributed by atoms with Crippen LogP contribution in [-0.4, -0.2) is 21.4 Å². The molecule has 2 aromatic rings. The fraction of sp³-hybridized carbons (Fsp3) is 0.100. The van der Waals surface area contributed by atoms with Gasteiger partial charge in [0.2, 0.25) is 0 Å². The summed E-state index contributed by atoms with van der Waals surface area (Å²) in [5, 5.41) is 5.04. The van der Waals surface area contributed by atoms with Gasteiger partial charge in [-0.25, -0.2) is 0 Å². The second-order valence-corrected chi connectivity index (χ2v) is 3.03. The Labute approximate surface area is 85.9 Å². The van der Waals surface area contributed by atoms with Crippen LogP contribution in [0.3, 0.4) is 0 Å². The highest BCUT2D eigenvalue weighted by Crippen LogP contribution is 1.97. The molecular weight excluding hydrogens is 192 g/mol. The number of pyridine rings is 1. The Bertz CT molecular complexity index is 497. The van der Waals surface area contributed by atoms with Crippen LogP contribution in [-0.2, 0) is 6.54 Å². The van der Waals surface area contributed by atoms with Crippen LogP contribution in [0.15, 0.2) is 40.5 Å². The van der Waals surface area contributed by atoms with E-state index in [1.54, 1.807) is 24.8 Å². The Balaban J connectivity index is 2.03. The van der Waals surface area contributed by atoms with Gasteiger partial charge in [0.1, 0.15) is 0 Å². The number of nitrogens with one attached hydrogen (secondary N) is 2. The molecule has 0 saturated heterocycles. The van der Waals surface area contributed by atoms with E-state index in [1.807, 2.05) is 12.1 Å². The highest BCUT2D eigenvalue weighted by Gasteiger charge is 1.94.